The highest BCUT2D eigenvalue weighted by molar-refractivity contribution is 6.30. The molecule has 0 atom stereocenters. The van der Waals surface area contributed by atoms with Gasteiger partial charge in [-0.15, -0.1) is 0 Å². The van der Waals surface area contributed by atoms with Crippen molar-refractivity contribution in [2.24, 2.45) is 0 Å². The zero-order chi connectivity index (χ0) is 14.3. The quantitative estimate of drug-likeness (QED) is 0.606. The van der Waals surface area contributed by atoms with Crippen LogP contribution >= 0.6 is 11.6 Å². The molecule has 0 aliphatic heterocycles. The summed E-state index contributed by atoms with van der Waals surface area (Å²) in [5.41, 5.74) is 4.33. The Hall–Kier alpha value is -2.00. The van der Waals surface area contributed by atoms with E-state index in [4.69, 9.17) is 11.6 Å². The number of benzene rings is 1. The van der Waals surface area contributed by atoms with Gasteiger partial charge in [-0.3, -0.25) is 0 Å². The molecule has 20 heavy (non-hydrogen) atoms. The summed E-state index contributed by atoms with van der Waals surface area (Å²) in [6.07, 6.45) is 1.64. The molecule has 4 heteroatoms. The molecule has 0 saturated carbocycles. The summed E-state index contributed by atoms with van der Waals surface area (Å²) in [4.78, 5) is 8.61. The van der Waals surface area contributed by atoms with Crippen LogP contribution < -0.4 is 0 Å². The zero-order valence-corrected chi connectivity index (χ0v) is 11.9. The lowest BCUT2D eigenvalue weighted by Gasteiger charge is -2.09. The van der Waals surface area contributed by atoms with Gasteiger partial charge in [0.05, 0.1) is 17.4 Å². The van der Waals surface area contributed by atoms with Gasteiger partial charge in [-0.2, -0.15) is 0 Å². The smallest absolute Gasteiger partial charge is 0.129 e. The molecule has 0 unspecified atom stereocenters. The number of rotatable bonds is 1. The van der Waals surface area contributed by atoms with Gasteiger partial charge in [0.1, 0.15) is 11.0 Å². The Balaban J connectivity index is 2.27. The number of hydrogen-bond acceptors (Lipinski definition) is 2. The Bertz CT molecular complexity index is 815. The number of halogens is 2. The number of hydrogen-bond donors (Lipinski definition) is 0. The van der Waals surface area contributed by atoms with Crippen LogP contribution in [0.15, 0.2) is 36.5 Å². The fourth-order valence-electron chi connectivity index (χ4n) is 2.28. The maximum atomic E-state index is 13.4. The van der Waals surface area contributed by atoms with Gasteiger partial charge in [-0.1, -0.05) is 17.7 Å². The molecule has 0 aliphatic carbocycles. The van der Waals surface area contributed by atoms with Crippen LogP contribution in [0.25, 0.3) is 22.2 Å². The largest absolute Gasteiger partial charge is 0.246 e. The molecule has 0 radical (unpaired) electrons. The minimum Gasteiger partial charge on any atom is -0.246 e. The number of pyridine rings is 2. The average Bonchev–Trinajstić information content (AvgIpc) is 2.42. The maximum absolute atomic E-state index is 13.4. The highest BCUT2D eigenvalue weighted by Crippen LogP contribution is 2.27. The third kappa shape index (κ3) is 2.25. The Labute approximate surface area is 121 Å². The summed E-state index contributed by atoms with van der Waals surface area (Å²) >= 11 is 5.90. The second-order valence-corrected chi connectivity index (χ2v) is 5.20. The van der Waals surface area contributed by atoms with E-state index in [-0.39, 0.29) is 5.82 Å². The molecule has 3 aromatic rings. The van der Waals surface area contributed by atoms with E-state index in [0.29, 0.717) is 5.15 Å². The van der Waals surface area contributed by atoms with Crippen molar-refractivity contribution in [1.29, 1.82) is 0 Å². The zero-order valence-electron chi connectivity index (χ0n) is 11.1. The van der Waals surface area contributed by atoms with Crippen molar-refractivity contribution in [2.45, 2.75) is 13.8 Å². The molecule has 2 nitrogen and oxygen atoms in total. The first-order valence-corrected chi connectivity index (χ1v) is 6.62. The second-order valence-electron chi connectivity index (χ2n) is 4.81. The maximum Gasteiger partial charge on any atom is 0.129 e. The number of fused-ring (bicyclic) bond motifs is 1. The predicted octanol–water partition coefficient (Wildman–Crippen LogP) is 4.71. The standard InChI is InChI=1S/C16H12ClFN2/c1-9-3-4-11(18)6-12(9)14-5-10(2)13-7-16(17)19-8-15(13)20-14/h3-8H,1-2H3. The van der Waals surface area contributed by atoms with Crippen LogP contribution in [0.1, 0.15) is 11.1 Å². The molecule has 2 heterocycles. The summed E-state index contributed by atoms with van der Waals surface area (Å²) in [7, 11) is 0. The molecule has 1 aromatic carbocycles. The van der Waals surface area contributed by atoms with Gasteiger partial charge in [-0.25, -0.2) is 14.4 Å². The van der Waals surface area contributed by atoms with Crippen molar-refractivity contribution in [3.05, 3.63) is 58.6 Å². The van der Waals surface area contributed by atoms with Crippen LogP contribution in [0, 0.1) is 19.7 Å². The Morgan fingerprint density at radius 2 is 1.85 bits per heavy atom. The number of nitrogens with zero attached hydrogens (tertiary/aromatic N) is 2. The number of aromatic nitrogens is 2. The van der Waals surface area contributed by atoms with Crippen LogP contribution in [0.2, 0.25) is 5.15 Å². The third-order valence-corrected chi connectivity index (χ3v) is 3.55. The van der Waals surface area contributed by atoms with Crippen molar-refractivity contribution in [2.75, 3.05) is 0 Å². The summed E-state index contributed by atoms with van der Waals surface area (Å²) in [6, 6.07) is 8.45. The van der Waals surface area contributed by atoms with Gasteiger partial charge in [0.2, 0.25) is 0 Å². The third-order valence-electron chi connectivity index (χ3n) is 3.34. The first kappa shape index (κ1) is 13.0. The van der Waals surface area contributed by atoms with Crippen molar-refractivity contribution in [1.82, 2.24) is 9.97 Å². The van der Waals surface area contributed by atoms with Crippen LogP contribution in [0.4, 0.5) is 4.39 Å². The van der Waals surface area contributed by atoms with E-state index in [1.165, 1.54) is 12.1 Å². The van der Waals surface area contributed by atoms with E-state index < -0.39 is 0 Å². The van der Waals surface area contributed by atoms with E-state index in [9.17, 15) is 4.39 Å². The van der Waals surface area contributed by atoms with Crippen LogP contribution in [-0.2, 0) is 0 Å². The van der Waals surface area contributed by atoms with Crippen molar-refractivity contribution in [3.8, 4) is 11.3 Å². The summed E-state index contributed by atoms with van der Waals surface area (Å²) in [6.45, 7) is 3.93. The van der Waals surface area contributed by atoms with Crippen molar-refractivity contribution in [3.63, 3.8) is 0 Å². The van der Waals surface area contributed by atoms with Gasteiger partial charge >= 0.3 is 0 Å². The molecule has 3 rings (SSSR count). The van der Waals surface area contributed by atoms with Gasteiger partial charge in [0, 0.05) is 10.9 Å². The van der Waals surface area contributed by atoms with Crippen molar-refractivity contribution < 1.29 is 4.39 Å². The normalized spacial score (nSPS) is 11.0. The lowest BCUT2D eigenvalue weighted by molar-refractivity contribution is 0.628. The molecule has 0 saturated heterocycles. The van der Waals surface area contributed by atoms with E-state index in [2.05, 4.69) is 9.97 Å². The second kappa shape index (κ2) is 4.84. The minimum atomic E-state index is -0.264. The fourth-order valence-corrected chi connectivity index (χ4v) is 2.44. The lowest BCUT2D eigenvalue weighted by atomic mass is 10.0. The summed E-state index contributed by atoms with van der Waals surface area (Å²) < 4.78 is 13.4. The predicted molar refractivity (Wildman–Crippen MR) is 79.4 cm³/mol. The minimum absolute atomic E-state index is 0.264. The molecule has 0 fully saturated rings. The van der Waals surface area contributed by atoms with E-state index in [1.807, 2.05) is 19.9 Å². The van der Waals surface area contributed by atoms with Crippen LogP contribution in [0.3, 0.4) is 0 Å². The lowest BCUT2D eigenvalue weighted by Crippen LogP contribution is -1.93. The molecule has 0 bridgehead atoms. The van der Waals surface area contributed by atoms with Gasteiger partial charge < -0.3 is 0 Å². The van der Waals surface area contributed by atoms with Crippen LogP contribution in [-0.4, -0.2) is 9.97 Å². The van der Waals surface area contributed by atoms with E-state index in [0.717, 1.165) is 33.3 Å². The number of aryl methyl sites for hydroxylation is 2. The SMILES string of the molecule is Cc1ccc(F)cc1-c1cc(C)c2cc(Cl)ncc2n1. The topological polar surface area (TPSA) is 25.8 Å². The Morgan fingerprint density at radius 3 is 2.65 bits per heavy atom. The van der Waals surface area contributed by atoms with E-state index in [1.54, 1.807) is 18.3 Å². The van der Waals surface area contributed by atoms with Crippen LogP contribution in [0.5, 0.6) is 0 Å². The fraction of sp³-hybridized carbons (Fsp3) is 0.125. The first-order valence-electron chi connectivity index (χ1n) is 6.24. The Morgan fingerprint density at radius 1 is 1.05 bits per heavy atom. The van der Waals surface area contributed by atoms with Gasteiger partial charge in [0.15, 0.2) is 0 Å². The summed E-state index contributed by atoms with van der Waals surface area (Å²) in [5.74, 6) is -0.264. The highest BCUT2D eigenvalue weighted by Gasteiger charge is 2.09. The Kier molecular flexibility index (Phi) is 3.14. The molecule has 0 aliphatic rings. The molecule has 0 spiro atoms. The molecule has 0 N–H and O–H groups in total. The summed E-state index contributed by atoms with van der Waals surface area (Å²) in [5, 5.41) is 1.40. The molecular formula is C16H12ClFN2. The van der Waals surface area contributed by atoms with Gasteiger partial charge in [0.25, 0.3) is 0 Å². The average molecular weight is 287 g/mol. The molecule has 0 amide bonds. The highest BCUT2D eigenvalue weighted by atomic mass is 35.5. The van der Waals surface area contributed by atoms with Crippen molar-refractivity contribution >= 4 is 22.5 Å². The molecule has 2 aromatic heterocycles. The monoisotopic (exact) mass is 286 g/mol. The van der Waals surface area contributed by atoms with Gasteiger partial charge in [-0.05, 0) is 49.2 Å². The molecular weight excluding hydrogens is 275 g/mol. The van der Waals surface area contributed by atoms with E-state index >= 15 is 0 Å². The molecule has 100 valence electrons. The first-order chi connectivity index (χ1) is 9.54.